The molecule has 0 aliphatic heterocycles. The minimum absolute atomic E-state index is 0.265. The van der Waals surface area contributed by atoms with Crippen molar-refractivity contribution in [3.05, 3.63) is 282 Å². The van der Waals surface area contributed by atoms with Crippen LogP contribution in [-0.4, -0.2) is 0 Å². The zero-order valence-electron chi connectivity index (χ0n) is 36.3. The van der Waals surface area contributed by atoms with Gasteiger partial charge in [0.05, 0.1) is 16.8 Å². The van der Waals surface area contributed by atoms with Crippen molar-refractivity contribution in [2.24, 2.45) is 5.92 Å². The quantitative estimate of drug-likeness (QED) is 0.167. The summed E-state index contributed by atoms with van der Waals surface area (Å²) in [6.07, 6.45) is 12.6. The molecule has 14 rings (SSSR count). The first kappa shape index (κ1) is 37.1. The summed E-state index contributed by atoms with van der Waals surface area (Å²) < 4.78 is 0. The van der Waals surface area contributed by atoms with Crippen molar-refractivity contribution in [2.75, 3.05) is 4.90 Å². The number of rotatable bonds is 5. The van der Waals surface area contributed by atoms with Crippen LogP contribution in [0.1, 0.15) is 34.2 Å². The van der Waals surface area contributed by atoms with Crippen LogP contribution in [0.5, 0.6) is 0 Å². The van der Waals surface area contributed by atoms with E-state index in [1.807, 2.05) is 0 Å². The first-order chi connectivity index (χ1) is 32.8. The van der Waals surface area contributed by atoms with Crippen molar-refractivity contribution in [3.63, 3.8) is 0 Å². The zero-order chi connectivity index (χ0) is 43.3. The molecular formula is C65H43N. The van der Waals surface area contributed by atoms with Gasteiger partial charge >= 0.3 is 0 Å². The first-order valence-electron chi connectivity index (χ1n) is 23.3. The van der Waals surface area contributed by atoms with Crippen molar-refractivity contribution < 1.29 is 0 Å². The van der Waals surface area contributed by atoms with Crippen LogP contribution in [0.4, 0.5) is 11.4 Å². The lowest BCUT2D eigenvalue weighted by Crippen LogP contribution is -2.36. The van der Waals surface area contributed by atoms with Gasteiger partial charge in [-0.25, -0.2) is 0 Å². The summed E-state index contributed by atoms with van der Waals surface area (Å²) in [6, 6.07) is 80.0. The minimum atomic E-state index is -0.652. The molecule has 0 aromatic heterocycles. The molecule has 2 unspecified atom stereocenters. The predicted molar refractivity (Wildman–Crippen MR) is 277 cm³/mol. The molecule has 308 valence electrons. The van der Waals surface area contributed by atoms with Gasteiger partial charge in [-0.2, -0.15) is 0 Å². The van der Waals surface area contributed by atoms with Gasteiger partial charge in [-0.05, 0) is 118 Å². The van der Waals surface area contributed by atoms with E-state index in [4.69, 9.17) is 0 Å². The molecule has 0 fully saturated rings. The predicted octanol–water partition coefficient (Wildman–Crippen LogP) is 16.8. The Morgan fingerprint density at radius 2 is 1.03 bits per heavy atom. The van der Waals surface area contributed by atoms with Gasteiger partial charge in [0.1, 0.15) is 0 Å². The van der Waals surface area contributed by atoms with Crippen molar-refractivity contribution in [2.45, 2.75) is 11.8 Å². The Morgan fingerprint density at radius 3 is 1.91 bits per heavy atom. The van der Waals surface area contributed by atoms with E-state index in [2.05, 4.69) is 248 Å². The monoisotopic (exact) mass is 837 g/mol. The lowest BCUT2D eigenvalue weighted by Gasteiger charge is -2.46. The van der Waals surface area contributed by atoms with Gasteiger partial charge in [-0.3, -0.25) is 0 Å². The molecular weight excluding hydrogens is 795 g/mol. The average molecular weight is 838 g/mol. The second-order valence-corrected chi connectivity index (χ2v) is 18.2. The Hall–Kier alpha value is -8.26. The number of nitrogens with zero attached hydrogens (tertiary/aromatic N) is 1. The van der Waals surface area contributed by atoms with E-state index in [0.717, 1.165) is 17.8 Å². The van der Waals surface area contributed by atoms with E-state index < -0.39 is 5.41 Å². The van der Waals surface area contributed by atoms with Gasteiger partial charge in [0.15, 0.2) is 0 Å². The third-order valence-electron chi connectivity index (χ3n) is 15.0. The van der Waals surface area contributed by atoms with E-state index in [9.17, 15) is 0 Å². The number of anilines is 2. The highest BCUT2D eigenvalue weighted by Gasteiger charge is 2.49. The van der Waals surface area contributed by atoms with Crippen LogP contribution in [0.2, 0.25) is 0 Å². The van der Waals surface area contributed by atoms with Crippen LogP contribution >= 0.6 is 0 Å². The Labute approximate surface area is 385 Å². The smallest absolute Gasteiger partial charge is 0.0726 e. The molecule has 1 heteroatoms. The molecule has 2 atom stereocenters. The fraction of sp³-hybridized carbons (Fsp3) is 0.0462. The summed E-state index contributed by atoms with van der Waals surface area (Å²) in [5.41, 5.74) is 19.6. The van der Waals surface area contributed by atoms with E-state index in [1.54, 1.807) is 0 Å². The molecule has 1 spiro atoms. The molecule has 66 heavy (non-hydrogen) atoms. The third-order valence-corrected chi connectivity index (χ3v) is 15.0. The summed E-state index contributed by atoms with van der Waals surface area (Å²) in [5, 5.41) is 7.63. The SMILES string of the molecule is C1=CC2=C(N(c3ccc4c(c3)C3(c5ccccc5-c5cccc6cccc3c56)c3cccc5c(-c6ccccc6)ccc-4c35)c3cccc4ccccc34)C(c3ccccc3)=CCC2C=C1. The van der Waals surface area contributed by atoms with E-state index in [1.165, 1.54) is 110 Å². The van der Waals surface area contributed by atoms with Gasteiger partial charge in [0.2, 0.25) is 0 Å². The van der Waals surface area contributed by atoms with Crippen molar-refractivity contribution >= 4 is 49.3 Å². The van der Waals surface area contributed by atoms with Crippen molar-refractivity contribution in [3.8, 4) is 33.4 Å². The molecule has 0 bridgehead atoms. The summed E-state index contributed by atoms with van der Waals surface area (Å²) in [6.45, 7) is 0. The van der Waals surface area contributed by atoms with Crippen LogP contribution in [0, 0.1) is 5.92 Å². The Bertz CT molecular complexity index is 3780. The summed E-state index contributed by atoms with van der Waals surface area (Å²) >= 11 is 0. The lowest BCUT2D eigenvalue weighted by molar-refractivity contribution is 0.753. The highest BCUT2D eigenvalue weighted by molar-refractivity contribution is 6.14. The number of allylic oxidation sites excluding steroid dienone is 7. The molecule has 1 nitrogen and oxygen atoms in total. The molecule has 0 radical (unpaired) electrons. The second kappa shape index (κ2) is 14.4. The first-order valence-corrected chi connectivity index (χ1v) is 23.3. The largest absolute Gasteiger partial charge is 0.309 e. The molecule has 4 aliphatic carbocycles. The van der Waals surface area contributed by atoms with Crippen LogP contribution in [-0.2, 0) is 5.41 Å². The molecule has 0 heterocycles. The molecule has 10 aromatic rings. The molecule has 0 N–H and O–H groups in total. The number of fused-ring (bicyclic) bond motifs is 10. The van der Waals surface area contributed by atoms with Crippen LogP contribution in [0.25, 0.3) is 71.3 Å². The maximum atomic E-state index is 2.61. The standard InChI is InChI=1S/C65H43N/c1-3-17-42(18-4-1)48-39-40-56-53-38-36-47(66(61-34-15-23-43-21-7-9-26-49(43)61)64-50-27-10-8-22-45(50)35-37-51(64)44-19-5-2-6-20-44)41-60(53)65(59-33-16-30-54(48)63(56)59)57-31-12-11-28-52(57)55-29-13-24-46-25-14-32-58(65)62(46)55/h1-34,36-41,45H,35H2. The summed E-state index contributed by atoms with van der Waals surface area (Å²) in [4.78, 5) is 2.61. The molecule has 0 saturated heterocycles. The van der Waals surface area contributed by atoms with E-state index in [-0.39, 0.29) is 5.92 Å². The Morgan fingerprint density at radius 1 is 0.424 bits per heavy atom. The maximum Gasteiger partial charge on any atom is 0.0726 e. The molecule has 4 aliphatic rings. The lowest BCUT2D eigenvalue weighted by atomic mass is 9.55. The normalized spacial score (nSPS) is 17.5. The van der Waals surface area contributed by atoms with Gasteiger partial charge in [-0.15, -0.1) is 0 Å². The van der Waals surface area contributed by atoms with Crippen LogP contribution in [0.15, 0.2) is 254 Å². The average Bonchev–Trinajstić information content (AvgIpc) is 3.39. The second-order valence-electron chi connectivity index (χ2n) is 18.2. The number of hydrogen-bond donors (Lipinski definition) is 0. The molecule has 0 saturated carbocycles. The summed E-state index contributed by atoms with van der Waals surface area (Å²) in [7, 11) is 0. The number of benzene rings is 10. The minimum Gasteiger partial charge on any atom is -0.309 e. The van der Waals surface area contributed by atoms with Crippen molar-refractivity contribution in [1.29, 1.82) is 0 Å². The number of hydrogen-bond acceptors (Lipinski definition) is 1. The Balaban J connectivity index is 1.14. The van der Waals surface area contributed by atoms with Gasteiger partial charge < -0.3 is 4.90 Å². The van der Waals surface area contributed by atoms with Crippen molar-refractivity contribution in [1.82, 2.24) is 0 Å². The molecule has 10 aromatic carbocycles. The highest BCUT2D eigenvalue weighted by Crippen LogP contribution is 2.62. The topological polar surface area (TPSA) is 3.24 Å². The fourth-order valence-corrected chi connectivity index (χ4v) is 12.3. The Kier molecular flexibility index (Phi) is 8.09. The van der Waals surface area contributed by atoms with Crippen LogP contribution in [0.3, 0.4) is 0 Å². The van der Waals surface area contributed by atoms with E-state index in [0.29, 0.717) is 0 Å². The fourth-order valence-electron chi connectivity index (χ4n) is 12.3. The summed E-state index contributed by atoms with van der Waals surface area (Å²) in [5.74, 6) is 0.265. The van der Waals surface area contributed by atoms with Gasteiger partial charge in [0, 0.05) is 22.6 Å². The van der Waals surface area contributed by atoms with Crippen LogP contribution < -0.4 is 4.90 Å². The van der Waals surface area contributed by atoms with E-state index >= 15 is 0 Å². The zero-order valence-corrected chi connectivity index (χ0v) is 36.3. The maximum absolute atomic E-state index is 2.61. The highest BCUT2D eigenvalue weighted by atomic mass is 15.2. The van der Waals surface area contributed by atoms with Gasteiger partial charge in [0.25, 0.3) is 0 Å². The molecule has 0 amide bonds. The third kappa shape index (κ3) is 5.17. The van der Waals surface area contributed by atoms with Gasteiger partial charge in [-0.1, -0.05) is 225 Å².